The third-order valence-corrected chi connectivity index (χ3v) is 3.01. The van der Waals surface area contributed by atoms with Crippen LogP contribution in [0.2, 0.25) is 0 Å². The molecule has 0 saturated heterocycles. The highest BCUT2D eigenvalue weighted by Crippen LogP contribution is 2.20. The lowest BCUT2D eigenvalue weighted by Crippen LogP contribution is -2.15. The molecule has 17 heavy (non-hydrogen) atoms. The predicted molar refractivity (Wildman–Crippen MR) is 66.8 cm³/mol. The molecule has 0 amide bonds. The fraction of sp³-hybridized carbons (Fsp3) is 0.167. The van der Waals surface area contributed by atoms with E-state index in [-0.39, 0.29) is 11.9 Å². The van der Waals surface area contributed by atoms with Gasteiger partial charge in [0.15, 0.2) is 0 Å². The van der Waals surface area contributed by atoms with Crippen molar-refractivity contribution in [3.63, 3.8) is 0 Å². The van der Waals surface area contributed by atoms with Gasteiger partial charge in [0.1, 0.15) is 5.82 Å². The zero-order valence-electron chi connectivity index (χ0n) is 8.98. The number of halogens is 2. The molecule has 0 saturated carbocycles. The molecule has 0 aliphatic rings. The average molecular weight is 296 g/mol. The SMILES string of the molecule is NC(Cc1ccc(F)c(Br)c1)c1cnccn1. The number of rotatable bonds is 3. The molecule has 0 aliphatic carbocycles. The van der Waals surface area contributed by atoms with E-state index in [1.54, 1.807) is 30.7 Å². The number of nitrogens with zero attached hydrogens (tertiary/aromatic N) is 2. The van der Waals surface area contributed by atoms with E-state index in [1.165, 1.54) is 6.07 Å². The van der Waals surface area contributed by atoms with Gasteiger partial charge in [-0.15, -0.1) is 0 Å². The fourth-order valence-corrected chi connectivity index (χ4v) is 1.95. The minimum atomic E-state index is -0.276. The largest absolute Gasteiger partial charge is 0.322 e. The minimum absolute atomic E-state index is 0.235. The van der Waals surface area contributed by atoms with Crippen LogP contribution in [0.3, 0.4) is 0 Å². The van der Waals surface area contributed by atoms with E-state index < -0.39 is 0 Å². The molecule has 5 heteroatoms. The van der Waals surface area contributed by atoms with Gasteiger partial charge in [0.05, 0.1) is 16.2 Å². The van der Waals surface area contributed by atoms with Crippen molar-refractivity contribution in [3.05, 3.63) is 58.3 Å². The van der Waals surface area contributed by atoms with Gasteiger partial charge in [0.2, 0.25) is 0 Å². The summed E-state index contributed by atoms with van der Waals surface area (Å²) in [5.41, 5.74) is 7.69. The van der Waals surface area contributed by atoms with Crippen molar-refractivity contribution < 1.29 is 4.39 Å². The van der Waals surface area contributed by atoms with Crippen LogP contribution in [0.15, 0.2) is 41.3 Å². The molecule has 88 valence electrons. The van der Waals surface area contributed by atoms with Crippen LogP contribution >= 0.6 is 15.9 Å². The molecule has 0 fully saturated rings. The maximum absolute atomic E-state index is 13.1. The molecule has 2 N–H and O–H groups in total. The van der Waals surface area contributed by atoms with Crippen molar-refractivity contribution in [2.24, 2.45) is 5.73 Å². The second-order valence-corrected chi connectivity index (χ2v) is 4.54. The van der Waals surface area contributed by atoms with Crippen LogP contribution in [0.5, 0.6) is 0 Å². The van der Waals surface area contributed by atoms with Gasteiger partial charge < -0.3 is 5.73 Å². The summed E-state index contributed by atoms with van der Waals surface area (Å²) in [5.74, 6) is -0.276. The molecule has 0 spiro atoms. The zero-order valence-corrected chi connectivity index (χ0v) is 10.6. The summed E-state index contributed by atoms with van der Waals surface area (Å²) in [6.45, 7) is 0. The van der Waals surface area contributed by atoms with Gasteiger partial charge in [-0.2, -0.15) is 0 Å². The Kier molecular flexibility index (Phi) is 3.81. The summed E-state index contributed by atoms with van der Waals surface area (Å²) in [4.78, 5) is 8.11. The second-order valence-electron chi connectivity index (χ2n) is 3.69. The van der Waals surface area contributed by atoms with Gasteiger partial charge in [-0.1, -0.05) is 6.07 Å². The van der Waals surface area contributed by atoms with Crippen LogP contribution in [0.1, 0.15) is 17.3 Å². The topological polar surface area (TPSA) is 51.8 Å². The van der Waals surface area contributed by atoms with Crippen LogP contribution in [-0.2, 0) is 6.42 Å². The quantitative estimate of drug-likeness (QED) is 0.947. The molecule has 2 aromatic rings. The van der Waals surface area contributed by atoms with Gasteiger partial charge in [0.25, 0.3) is 0 Å². The van der Waals surface area contributed by atoms with E-state index in [0.717, 1.165) is 11.3 Å². The van der Waals surface area contributed by atoms with Gasteiger partial charge >= 0.3 is 0 Å². The molecular formula is C12H11BrFN3. The molecule has 0 radical (unpaired) electrons. The van der Waals surface area contributed by atoms with E-state index in [0.29, 0.717) is 10.9 Å². The number of benzene rings is 1. The van der Waals surface area contributed by atoms with E-state index in [4.69, 9.17) is 5.73 Å². The Morgan fingerprint density at radius 2 is 2.18 bits per heavy atom. The zero-order chi connectivity index (χ0) is 12.3. The highest BCUT2D eigenvalue weighted by Gasteiger charge is 2.09. The lowest BCUT2D eigenvalue weighted by Gasteiger charge is -2.10. The Morgan fingerprint density at radius 1 is 1.35 bits per heavy atom. The third-order valence-electron chi connectivity index (χ3n) is 2.40. The van der Waals surface area contributed by atoms with E-state index in [1.807, 2.05) is 0 Å². The molecule has 1 unspecified atom stereocenters. The maximum Gasteiger partial charge on any atom is 0.137 e. The normalized spacial score (nSPS) is 12.4. The van der Waals surface area contributed by atoms with Crippen molar-refractivity contribution in [1.29, 1.82) is 0 Å². The molecular weight excluding hydrogens is 285 g/mol. The lowest BCUT2D eigenvalue weighted by molar-refractivity contribution is 0.618. The first kappa shape index (κ1) is 12.1. The number of aromatic nitrogens is 2. The molecule has 3 nitrogen and oxygen atoms in total. The van der Waals surface area contributed by atoms with Crippen LogP contribution in [0.25, 0.3) is 0 Å². The average Bonchev–Trinajstić information content (AvgIpc) is 2.35. The molecule has 0 aliphatic heterocycles. The first-order valence-corrected chi connectivity index (χ1v) is 5.91. The summed E-state index contributed by atoms with van der Waals surface area (Å²) in [6.07, 6.45) is 5.45. The van der Waals surface area contributed by atoms with Crippen molar-refractivity contribution in [2.45, 2.75) is 12.5 Å². The Balaban J connectivity index is 2.13. The summed E-state index contributed by atoms with van der Waals surface area (Å²) < 4.78 is 13.5. The van der Waals surface area contributed by atoms with Crippen molar-refractivity contribution in [2.75, 3.05) is 0 Å². The number of nitrogens with two attached hydrogens (primary N) is 1. The molecule has 2 rings (SSSR count). The molecule has 1 atom stereocenters. The van der Waals surface area contributed by atoms with Crippen LogP contribution in [-0.4, -0.2) is 9.97 Å². The van der Waals surface area contributed by atoms with Crippen molar-refractivity contribution >= 4 is 15.9 Å². The molecule has 0 bridgehead atoms. The van der Waals surface area contributed by atoms with E-state index in [2.05, 4.69) is 25.9 Å². The maximum atomic E-state index is 13.1. The first-order valence-electron chi connectivity index (χ1n) is 5.12. The van der Waals surface area contributed by atoms with Crippen LogP contribution in [0, 0.1) is 5.82 Å². The smallest absolute Gasteiger partial charge is 0.137 e. The minimum Gasteiger partial charge on any atom is -0.322 e. The Hall–Kier alpha value is -1.33. The molecule has 1 aromatic heterocycles. The lowest BCUT2D eigenvalue weighted by atomic mass is 10.0. The number of hydrogen-bond acceptors (Lipinski definition) is 3. The van der Waals surface area contributed by atoms with Gasteiger partial charge in [-0.25, -0.2) is 4.39 Å². The monoisotopic (exact) mass is 295 g/mol. The van der Waals surface area contributed by atoms with Crippen LogP contribution in [0.4, 0.5) is 4.39 Å². The third kappa shape index (κ3) is 3.08. The van der Waals surface area contributed by atoms with Crippen molar-refractivity contribution in [3.8, 4) is 0 Å². The first-order chi connectivity index (χ1) is 8.16. The van der Waals surface area contributed by atoms with Gasteiger partial charge in [-0.3, -0.25) is 9.97 Å². The fourth-order valence-electron chi connectivity index (χ4n) is 1.53. The second kappa shape index (κ2) is 5.33. The highest BCUT2D eigenvalue weighted by molar-refractivity contribution is 9.10. The van der Waals surface area contributed by atoms with E-state index >= 15 is 0 Å². The standard InChI is InChI=1S/C12H11BrFN3/c13-9-5-8(1-2-10(9)14)6-11(15)12-7-16-3-4-17-12/h1-5,7,11H,6,15H2. The molecule has 1 heterocycles. The predicted octanol–water partition coefficient (Wildman–Crippen LogP) is 2.62. The molecule has 1 aromatic carbocycles. The summed E-state index contributed by atoms with van der Waals surface area (Å²) in [5, 5.41) is 0. The Labute approximate surface area is 107 Å². The summed E-state index contributed by atoms with van der Waals surface area (Å²) >= 11 is 3.15. The van der Waals surface area contributed by atoms with Crippen LogP contribution < -0.4 is 5.73 Å². The number of hydrogen-bond donors (Lipinski definition) is 1. The van der Waals surface area contributed by atoms with Gasteiger partial charge in [-0.05, 0) is 40.0 Å². The summed E-state index contributed by atoms with van der Waals surface area (Å²) in [7, 11) is 0. The Bertz CT molecular complexity index is 504. The Morgan fingerprint density at radius 3 is 2.82 bits per heavy atom. The van der Waals surface area contributed by atoms with Gasteiger partial charge in [0, 0.05) is 18.6 Å². The van der Waals surface area contributed by atoms with E-state index in [9.17, 15) is 4.39 Å². The van der Waals surface area contributed by atoms with Crippen molar-refractivity contribution in [1.82, 2.24) is 9.97 Å². The summed E-state index contributed by atoms with van der Waals surface area (Å²) in [6, 6.07) is 4.63. The highest BCUT2D eigenvalue weighted by atomic mass is 79.9.